The van der Waals surface area contributed by atoms with Gasteiger partial charge in [0.15, 0.2) is 0 Å². The molecule has 2 unspecified atom stereocenters. The molecule has 0 aliphatic heterocycles. The number of nitrogens with zero attached hydrogens (tertiary/aromatic N) is 1. The Morgan fingerprint density at radius 1 is 0.925 bits per heavy atom. The van der Waals surface area contributed by atoms with Crippen molar-refractivity contribution in [3.8, 4) is 0 Å². The molecule has 220 valence electrons. The Labute approximate surface area is 241 Å². The second kappa shape index (κ2) is 13.3. The van der Waals surface area contributed by atoms with Crippen molar-refractivity contribution in [1.82, 2.24) is 10.2 Å². The molecule has 0 bridgehead atoms. The Morgan fingerprint density at radius 2 is 1.50 bits per heavy atom. The molecule has 0 aromatic heterocycles. The van der Waals surface area contributed by atoms with Gasteiger partial charge in [0.05, 0.1) is 0 Å². The highest BCUT2D eigenvalue weighted by atomic mass is 16.6. The molecule has 2 rings (SSSR count). The van der Waals surface area contributed by atoms with Crippen molar-refractivity contribution in [1.29, 1.82) is 0 Å². The molecule has 0 saturated carbocycles. The minimum atomic E-state index is -0.934. The van der Waals surface area contributed by atoms with Crippen molar-refractivity contribution < 1.29 is 19.1 Å². The van der Waals surface area contributed by atoms with Gasteiger partial charge >= 0.3 is 6.09 Å². The Hall–Kier alpha value is -3.35. The number of hydrogen-bond donors (Lipinski definition) is 2. The predicted octanol–water partition coefficient (Wildman–Crippen LogP) is 7.25. The molecular weight excluding hydrogens is 502 g/mol. The minimum Gasteiger partial charge on any atom is -0.444 e. The van der Waals surface area contributed by atoms with E-state index < -0.39 is 29.3 Å². The average molecular weight is 552 g/mol. The topological polar surface area (TPSA) is 87.7 Å². The van der Waals surface area contributed by atoms with Crippen LogP contribution >= 0.6 is 0 Å². The summed E-state index contributed by atoms with van der Waals surface area (Å²) in [5.74, 6) is -0.524. The van der Waals surface area contributed by atoms with Crippen molar-refractivity contribution in [3.63, 3.8) is 0 Å². The molecule has 40 heavy (non-hydrogen) atoms. The molecule has 7 heteroatoms. The van der Waals surface area contributed by atoms with Crippen LogP contribution < -0.4 is 10.6 Å². The smallest absolute Gasteiger partial charge is 0.408 e. The van der Waals surface area contributed by atoms with Crippen LogP contribution in [0.25, 0.3) is 0 Å². The third-order valence-electron chi connectivity index (χ3n) is 7.04. The van der Waals surface area contributed by atoms with Crippen molar-refractivity contribution in [2.24, 2.45) is 5.92 Å². The molecule has 0 saturated heterocycles. The number of rotatable bonds is 10. The summed E-state index contributed by atoms with van der Waals surface area (Å²) in [6.07, 6.45) is 0.333. The van der Waals surface area contributed by atoms with E-state index in [0.717, 1.165) is 22.4 Å². The molecule has 3 amide bonds. The lowest BCUT2D eigenvalue weighted by Gasteiger charge is -2.45. The number of ether oxygens (including phenoxy) is 1. The van der Waals surface area contributed by atoms with Gasteiger partial charge in [0.25, 0.3) is 5.91 Å². The molecule has 2 atom stereocenters. The van der Waals surface area contributed by atoms with Crippen LogP contribution in [0, 0.1) is 26.7 Å². The van der Waals surface area contributed by atoms with Crippen LogP contribution in [0.3, 0.4) is 0 Å². The van der Waals surface area contributed by atoms with Crippen LogP contribution in [0.1, 0.15) is 96.5 Å². The Balaban J connectivity index is 2.68. The first-order valence-electron chi connectivity index (χ1n) is 14.2. The highest BCUT2D eigenvalue weighted by Crippen LogP contribution is 2.34. The fraction of sp³-hybridized carbons (Fsp3) is 0.545. The second-order valence-corrected chi connectivity index (χ2v) is 12.8. The van der Waals surface area contributed by atoms with Crippen LogP contribution in [0.5, 0.6) is 0 Å². The predicted molar refractivity (Wildman–Crippen MR) is 162 cm³/mol. The lowest BCUT2D eigenvalue weighted by Crippen LogP contribution is -2.59. The fourth-order valence-electron chi connectivity index (χ4n) is 4.72. The van der Waals surface area contributed by atoms with E-state index in [1.807, 2.05) is 97.9 Å². The number of benzene rings is 2. The summed E-state index contributed by atoms with van der Waals surface area (Å²) in [6, 6.07) is 11.7. The number of nitrogens with one attached hydrogen (secondary N) is 2. The highest BCUT2D eigenvalue weighted by Gasteiger charge is 2.43. The largest absolute Gasteiger partial charge is 0.444 e. The van der Waals surface area contributed by atoms with E-state index in [2.05, 4.69) is 10.6 Å². The number of anilines is 1. The first-order chi connectivity index (χ1) is 18.5. The van der Waals surface area contributed by atoms with Crippen LogP contribution in [-0.2, 0) is 14.3 Å². The summed E-state index contributed by atoms with van der Waals surface area (Å²) in [5.41, 5.74) is 2.87. The van der Waals surface area contributed by atoms with Gasteiger partial charge in [0, 0.05) is 11.2 Å². The van der Waals surface area contributed by atoms with E-state index in [0.29, 0.717) is 18.4 Å². The number of para-hydroxylation sites is 1. The van der Waals surface area contributed by atoms with E-state index in [-0.39, 0.29) is 17.7 Å². The molecule has 2 aromatic rings. The molecule has 0 fully saturated rings. The van der Waals surface area contributed by atoms with Gasteiger partial charge in [-0.3, -0.25) is 9.59 Å². The molecule has 0 aliphatic carbocycles. The maximum atomic E-state index is 14.6. The standard InChI is InChI=1S/C33H49N3O4/c1-12-33(10,11)36(30(38)26(19-21(2)3)34-31(39)40-32(7,8)9)28(25-18-13-15-22(4)20-25)29(37)35-27-23(5)16-14-17-24(27)6/h13-18,20-21,26,28H,12,19H2,1-11H3,(H,34,39)(H,35,37). The van der Waals surface area contributed by atoms with Gasteiger partial charge in [-0.25, -0.2) is 4.79 Å². The monoisotopic (exact) mass is 551 g/mol. The summed E-state index contributed by atoms with van der Waals surface area (Å²) in [5, 5.41) is 5.96. The summed E-state index contributed by atoms with van der Waals surface area (Å²) >= 11 is 0. The van der Waals surface area contributed by atoms with Gasteiger partial charge in [-0.05, 0) is 90.8 Å². The van der Waals surface area contributed by atoms with E-state index in [4.69, 9.17) is 4.74 Å². The number of amides is 3. The number of aryl methyl sites for hydroxylation is 3. The number of carbonyl (C=O) groups is 3. The number of carbonyl (C=O) groups excluding carboxylic acids is 3. The van der Waals surface area contributed by atoms with E-state index in [1.54, 1.807) is 25.7 Å². The molecule has 0 aliphatic rings. The van der Waals surface area contributed by atoms with Gasteiger partial charge in [-0.15, -0.1) is 0 Å². The molecule has 0 heterocycles. The third-order valence-corrected chi connectivity index (χ3v) is 7.04. The fourth-order valence-corrected chi connectivity index (χ4v) is 4.72. The molecule has 0 spiro atoms. The van der Waals surface area contributed by atoms with Crippen LogP contribution in [-0.4, -0.2) is 40.0 Å². The van der Waals surface area contributed by atoms with Crippen molar-refractivity contribution in [2.45, 2.75) is 112 Å². The lowest BCUT2D eigenvalue weighted by molar-refractivity contribution is -0.148. The molecule has 0 radical (unpaired) electrons. The zero-order chi connectivity index (χ0) is 30.4. The van der Waals surface area contributed by atoms with E-state index in [9.17, 15) is 14.4 Å². The minimum absolute atomic E-state index is 0.108. The van der Waals surface area contributed by atoms with Gasteiger partial charge in [0.1, 0.15) is 17.7 Å². The summed E-state index contributed by atoms with van der Waals surface area (Å²) in [6.45, 7) is 21.1. The van der Waals surface area contributed by atoms with E-state index >= 15 is 0 Å². The Bertz CT molecular complexity index is 1180. The average Bonchev–Trinajstić information content (AvgIpc) is 2.82. The highest BCUT2D eigenvalue weighted by molar-refractivity contribution is 6.00. The Kier molecular flexibility index (Phi) is 11.0. The van der Waals surface area contributed by atoms with Crippen molar-refractivity contribution in [3.05, 3.63) is 64.7 Å². The second-order valence-electron chi connectivity index (χ2n) is 12.8. The first kappa shape index (κ1) is 32.9. The SMILES string of the molecule is CCC(C)(C)N(C(=O)C(CC(C)C)NC(=O)OC(C)(C)C)C(C(=O)Nc1c(C)cccc1C)c1cccc(C)c1. The lowest BCUT2D eigenvalue weighted by atomic mass is 9.90. The van der Waals surface area contributed by atoms with Crippen LogP contribution in [0.4, 0.5) is 10.5 Å². The van der Waals surface area contributed by atoms with Crippen molar-refractivity contribution >= 4 is 23.6 Å². The maximum Gasteiger partial charge on any atom is 0.408 e. The normalized spacial score (nSPS) is 13.4. The number of alkyl carbamates (subject to hydrolysis) is 1. The summed E-state index contributed by atoms with van der Waals surface area (Å²) in [7, 11) is 0. The zero-order valence-electron chi connectivity index (χ0n) is 26.3. The molecule has 2 N–H and O–H groups in total. The molecule has 2 aromatic carbocycles. The third kappa shape index (κ3) is 8.83. The van der Waals surface area contributed by atoms with Gasteiger partial charge < -0.3 is 20.3 Å². The van der Waals surface area contributed by atoms with Gasteiger partial charge in [-0.2, -0.15) is 0 Å². The van der Waals surface area contributed by atoms with Crippen LogP contribution in [0.15, 0.2) is 42.5 Å². The summed E-state index contributed by atoms with van der Waals surface area (Å²) < 4.78 is 5.51. The van der Waals surface area contributed by atoms with Gasteiger partial charge in [0.2, 0.25) is 5.91 Å². The van der Waals surface area contributed by atoms with Crippen molar-refractivity contribution in [2.75, 3.05) is 5.32 Å². The van der Waals surface area contributed by atoms with E-state index in [1.165, 1.54) is 0 Å². The molecular formula is C33H49N3O4. The first-order valence-corrected chi connectivity index (χ1v) is 14.2. The maximum absolute atomic E-state index is 14.6. The molecule has 7 nitrogen and oxygen atoms in total. The zero-order valence-corrected chi connectivity index (χ0v) is 26.3. The van der Waals surface area contributed by atoms with Crippen LogP contribution in [0.2, 0.25) is 0 Å². The van der Waals surface area contributed by atoms with Gasteiger partial charge in [-0.1, -0.05) is 68.8 Å². The summed E-state index contributed by atoms with van der Waals surface area (Å²) in [4.78, 5) is 43.3. The number of hydrogen-bond acceptors (Lipinski definition) is 4. The quantitative estimate of drug-likeness (QED) is 0.326. The Morgan fingerprint density at radius 3 is 2.00 bits per heavy atom.